The molecule has 0 N–H and O–H groups in total. The Morgan fingerprint density at radius 3 is 2.41 bits per heavy atom. The molecule has 0 bridgehead atoms. The molecule has 2 heterocycles. The van der Waals surface area contributed by atoms with E-state index in [-0.39, 0.29) is 0 Å². The molecule has 17 heavy (non-hydrogen) atoms. The minimum Gasteiger partial charge on any atom is -0.346 e. The lowest BCUT2D eigenvalue weighted by atomic mass is 10.2. The summed E-state index contributed by atoms with van der Waals surface area (Å²) in [5, 5.41) is 1.48. The third kappa shape index (κ3) is 2.37. The van der Waals surface area contributed by atoms with Crippen LogP contribution in [0, 0.1) is 0 Å². The molecule has 2 aromatic rings. The van der Waals surface area contributed by atoms with Crippen molar-refractivity contribution >= 4 is 21.8 Å². The molecule has 92 valence electrons. The summed E-state index contributed by atoms with van der Waals surface area (Å²) in [6, 6.07) is 8.78. The summed E-state index contributed by atoms with van der Waals surface area (Å²) < 4.78 is 2.27. The van der Waals surface area contributed by atoms with Crippen LogP contribution in [0.25, 0.3) is 10.9 Å². The molecule has 1 aromatic heterocycles. The van der Waals surface area contributed by atoms with Gasteiger partial charge < -0.3 is 4.57 Å². The highest BCUT2D eigenvalue weighted by Crippen LogP contribution is 2.30. The second-order valence-electron chi connectivity index (χ2n) is 4.23. The van der Waals surface area contributed by atoms with Crippen LogP contribution in [0.4, 0.5) is 0 Å². The fourth-order valence-corrected chi connectivity index (χ4v) is 4.95. The molecule has 1 fully saturated rings. The normalized spacial score (nSPS) is 15.9. The van der Waals surface area contributed by atoms with Gasteiger partial charge in [-0.2, -0.15) is 0 Å². The van der Waals surface area contributed by atoms with Gasteiger partial charge in [0.2, 0.25) is 0 Å². The molecular formula is C15H22NS+. The van der Waals surface area contributed by atoms with Crippen molar-refractivity contribution in [1.82, 2.24) is 4.57 Å². The van der Waals surface area contributed by atoms with Gasteiger partial charge in [0.15, 0.2) is 4.90 Å². The van der Waals surface area contributed by atoms with Crippen molar-refractivity contribution in [2.24, 2.45) is 7.05 Å². The predicted molar refractivity (Wildman–Crippen MR) is 78.9 cm³/mol. The Labute approximate surface area is 107 Å². The van der Waals surface area contributed by atoms with Crippen LogP contribution in [-0.4, -0.2) is 16.1 Å². The van der Waals surface area contributed by atoms with E-state index in [1.165, 1.54) is 35.3 Å². The van der Waals surface area contributed by atoms with Crippen molar-refractivity contribution in [2.75, 3.05) is 11.5 Å². The Morgan fingerprint density at radius 1 is 1.06 bits per heavy atom. The Morgan fingerprint density at radius 2 is 1.71 bits per heavy atom. The first kappa shape index (κ1) is 12.6. The van der Waals surface area contributed by atoms with Crippen LogP contribution in [0.1, 0.15) is 26.7 Å². The molecule has 0 unspecified atom stereocenters. The third-order valence-electron chi connectivity index (χ3n) is 3.20. The molecule has 1 aliphatic rings. The molecule has 0 radical (unpaired) electrons. The highest BCUT2D eigenvalue weighted by molar-refractivity contribution is 7.97. The van der Waals surface area contributed by atoms with Crippen molar-refractivity contribution in [3.63, 3.8) is 0 Å². The minimum absolute atomic E-state index is 0.535. The van der Waals surface area contributed by atoms with Crippen molar-refractivity contribution in [2.45, 2.75) is 31.6 Å². The molecule has 1 nitrogen and oxygen atoms in total. The fourth-order valence-electron chi connectivity index (χ4n) is 2.41. The van der Waals surface area contributed by atoms with Gasteiger partial charge in [0, 0.05) is 17.9 Å². The van der Waals surface area contributed by atoms with Crippen molar-refractivity contribution < 1.29 is 0 Å². The van der Waals surface area contributed by atoms with E-state index in [1.54, 1.807) is 4.90 Å². The monoisotopic (exact) mass is 248 g/mol. The van der Waals surface area contributed by atoms with E-state index < -0.39 is 0 Å². The molecule has 2 heteroatoms. The van der Waals surface area contributed by atoms with Gasteiger partial charge in [0.1, 0.15) is 11.5 Å². The summed E-state index contributed by atoms with van der Waals surface area (Å²) >= 11 is 0. The van der Waals surface area contributed by atoms with Gasteiger partial charge in [0.25, 0.3) is 0 Å². The van der Waals surface area contributed by atoms with Crippen LogP contribution < -0.4 is 0 Å². The molecule has 0 amide bonds. The summed E-state index contributed by atoms with van der Waals surface area (Å²) in [4.78, 5) is 1.60. The summed E-state index contributed by atoms with van der Waals surface area (Å²) in [5.74, 6) is 2.82. The van der Waals surface area contributed by atoms with E-state index in [9.17, 15) is 0 Å². The number of nitrogens with zero attached hydrogens (tertiary/aromatic N) is 1. The summed E-state index contributed by atoms with van der Waals surface area (Å²) in [6.07, 6.45) is 5.19. The average Bonchev–Trinajstić information content (AvgIpc) is 3.01. The lowest BCUT2D eigenvalue weighted by Crippen LogP contribution is -2.02. The lowest BCUT2D eigenvalue weighted by molar-refractivity contribution is 0.949. The topological polar surface area (TPSA) is 4.93 Å². The Bertz CT molecular complexity index is 481. The first-order chi connectivity index (χ1) is 8.36. The van der Waals surface area contributed by atoms with E-state index in [2.05, 4.69) is 42.1 Å². The lowest BCUT2D eigenvalue weighted by Gasteiger charge is -1.96. The summed E-state index contributed by atoms with van der Waals surface area (Å²) in [5.41, 5.74) is 1.38. The van der Waals surface area contributed by atoms with Crippen LogP contribution in [0.15, 0.2) is 35.4 Å². The number of benzene rings is 1. The zero-order valence-corrected chi connectivity index (χ0v) is 11.9. The average molecular weight is 248 g/mol. The smallest absolute Gasteiger partial charge is 0.180 e. The standard InChI is InChI=1S/C13H16NS.C2H6/c1-14-10-13(15-8-4-5-9-15)11-6-2-3-7-12(11)14;1-2/h2-3,6-7,10H,4-5,8-9H2,1H3;1-2H3/q+1;. The van der Waals surface area contributed by atoms with Gasteiger partial charge in [-0.1, -0.05) is 26.0 Å². The molecular weight excluding hydrogens is 226 g/mol. The van der Waals surface area contributed by atoms with E-state index >= 15 is 0 Å². The van der Waals surface area contributed by atoms with Gasteiger partial charge in [-0.15, -0.1) is 0 Å². The van der Waals surface area contributed by atoms with Crippen molar-refractivity contribution in [3.05, 3.63) is 30.5 Å². The van der Waals surface area contributed by atoms with Gasteiger partial charge in [-0.05, 0) is 25.0 Å². The van der Waals surface area contributed by atoms with Crippen LogP contribution in [-0.2, 0) is 17.9 Å². The highest BCUT2D eigenvalue weighted by Gasteiger charge is 2.29. The molecule has 0 aliphatic carbocycles. The molecule has 0 saturated carbocycles. The van der Waals surface area contributed by atoms with E-state index in [0.29, 0.717) is 10.9 Å². The van der Waals surface area contributed by atoms with Crippen LogP contribution >= 0.6 is 0 Å². The molecule has 0 atom stereocenters. The van der Waals surface area contributed by atoms with Crippen LogP contribution in [0.3, 0.4) is 0 Å². The first-order valence-corrected chi connectivity index (χ1v) is 8.14. The summed E-state index contributed by atoms with van der Waals surface area (Å²) in [7, 11) is 2.69. The van der Waals surface area contributed by atoms with Gasteiger partial charge in [0.05, 0.1) is 17.1 Å². The molecule has 3 rings (SSSR count). The van der Waals surface area contributed by atoms with Gasteiger partial charge >= 0.3 is 0 Å². The number of hydrogen-bond donors (Lipinski definition) is 0. The maximum Gasteiger partial charge on any atom is 0.180 e. The second kappa shape index (κ2) is 5.63. The molecule has 0 spiro atoms. The molecule has 1 saturated heterocycles. The number of fused-ring (bicyclic) bond motifs is 1. The predicted octanol–water partition coefficient (Wildman–Crippen LogP) is 3.98. The summed E-state index contributed by atoms with van der Waals surface area (Å²) in [6.45, 7) is 4.00. The zero-order valence-electron chi connectivity index (χ0n) is 11.1. The van der Waals surface area contributed by atoms with Gasteiger partial charge in [-0.3, -0.25) is 0 Å². The number of para-hydroxylation sites is 1. The van der Waals surface area contributed by atoms with Crippen molar-refractivity contribution in [3.8, 4) is 0 Å². The van der Waals surface area contributed by atoms with Gasteiger partial charge in [-0.25, -0.2) is 0 Å². The number of hydrogen-bond acceptors (Lipinski definition) is 0. The quantitative estimate of drug-likeness (QED) is 0.673. The Kier molecular flexibility index (Phi) is 4.16. The van der Waals surface area contributed by atoms with Crippen LogP contribution in [0.5, 0.6) is 0 Å². The van der Waals surface area contributed by atoms with E-state index in [0.717, 1.165) is 0 Å². The molecule has 1 aliphatic heterocycles. The first-order valence-electron chi connectivity index (χ1n) is 6.58. The maximum absolute atomic E-state index is 2.35. The zero-order chi connectivity index (χ0) is 12.3. The SMILES string of the molecule is CC.Cn1cc([S+]2CCCC2)c2ccccc21. The van der Waals surface area contributed by atoms with E-state index in [4.69, 9.17) is 0 Å². The second-order valence-corrected chi connectivity index (χ2v) is 6.47. The van der Waals surface area contributed by atoms with Crippen molar-refractivity contribution in [1.29, 1.82) is 0 Å². The fraction of sp³-hybridized carbons (Fsp3) is 0.467. The number of rotatable bonds is 1. The van der Waals surface area contributed by atoms with E-state index in [1.807, 2.05) is 13.8 Å². The Hall–Kier alpha value is -0.890. The minimum atomic E-state index is 0.535. The number of aromatic nitrogens is 1. The maximum atomic E-state index is 2.35. The third-order valence-corrected chi connectivity index (χ3v) is 5.71. The highest BCUT2D eigenvalue weighted by atomic mass is 32.2. The molecule has 1 aromatic carbocycles. The van der Waals surface area contributed by atoms with Crippen LogP contribution in [0.2, 0.25) is 0 Å². The number of aryl methyl sites for hydroxylation is 1. The largest absolute Gasteiger partial charge is 0.346 e. The Balaban J connectivity index is 0.000000514.